The first kappa shape index (κ1) is 12.1. The van der Waals surface area contributed by atoms with Gasteiger partial charge in [-0.2, -0.15) is 0 Å². The fourth-order valence-electron chi connectivity index (χ4n) is 1.60. The molecule has 0 bridgehead atoms. The van der Waals surface area contributed by atoms with E-state index < -0.39 is 5.60 Å². The SMILES string of the molecule is C=CC(C)(CC)OC(=O)N1CCCCC1. The summed E-state index contributed by atoms with van der Waals surface area (Å²) in [7, 11) is 0. The van der Waals surface area contributed by atoms with Crippen LogP contribution < -0.4 is 0 Å². The van der Waals surface area contributed by atoms with E-state index in [-0.39, 0.29) is 6.09 Å². The number of likely N-dealkylation sites (tertiary alicyclic amines) is 1. The fourth-order valence-corrected chi connectivity index (χ4v) is 1.60. The van der Waals surface area contributed by atoms with E-state index in [0.717, 1.165) is 32.4 Å². The minimum Gasteiger partial charge on any atom is -0.439 e. The van der Waals surface area contributed by atoms with Crippen molar-refractivity contribution in [1.29, 1.82) is 0 Å². The van der Waals surface area contributed by atoms with E-state index >= 15 is 0 Å². The lowest BCUT2D eigenvalue weighted by atomic mass is 10.0. The zero-order chi connectivity index (χ0) is 11.3. The highest BCUT2D eigenvalue weighted by atomic mass is 16.6. The number of carbonyl (C=O) groups excluding carboxylic acids is 1. The average Bonchev–Trinajstić information content (AvgIpc) is 2.30. The normalized spacial score (nSPS) is 20.5. The average molecular weight is 211 g/mol. The quantitative estimate of drug-likeness (QED) is 0.672. The maximum absolute atomic E-state index is 11.8. The number of hydrogen-bond acceptors (Lipinski definition) is 2. The van der Waals surface area contributed by atoms with Gasteiger partial charge in [0.1, 0.15) is 5.60 Å². The second-order valence-corrected chi connectivity index (χ2v) is 4.29. The Morgan fingerprint density at radius 1 is 1.47 bits per heavy atom. The van der Waals surface area contributed by atoms with Crippen LogP contribution in [-0.4, -0.2) is 29.7 Å². The van der Waals surface area contributed by atoms with E-state index in [1.807, 2.05) is 13.8 Å². The van der Waals surface area contributed by atoms with E-state index in [2.05, 4.69) is 6.58 Å². The molecule has 1 fully saturated rings. The van der Waals surface area contributed by atoms with Gasteiger partial charge in [-0.1, -0.05) is 13.5 Å². The predicted molar refractivity (Wildman–Crippen MR) is 60.8 cm³/mol. The van der Waals surface area contributed by atoms with E-state index in [4.69, 9.17) is 4.74 Å². The van der Waals surface area contributed by atoms with Crippen LogP contribution in [0.25, 0.3) is 0 Å². The molecule has 1 aliphatic heterocycles. The Bertz CT molecular complexity index is 234. The molecule has 0 aromatic carbocycles. The fraction of sp³-hybridized carbons (Fsp3) is 0.750. The lowest BCUT2D eigenvalue weighted by Crippen LogP contribution is -2.40. The van der Waals surface area contributed by atoms with Crippen LogP contribution in [0, 0.1) is 0 Å². The molecule has 1 saturated heterocycles. The van der Waals surface area contributed by atoms with Crippen LogP contribution in [0.1, 0.15) is 39.5 Å². The molecule has 86 valence electrons. The first-order valence-electron chi connectivity index (χ1n) is 5.73. The predicted octanol–water partition coefficient (Wildman–Crippen LogP) is 2.96. The Labute approximate surface area is 92.1 Å². The molecule has 3 heteroatoms. The van der Waals surface area contributed by atoms with Crippen molar-refractivity contribution < 1.29 is 9.53 Å². The molecule has 1 unspecified atom stereocenters. The first-order valence-corrected chi connectivity index (χ1v) is 5.73. The van der Waals surface area contributed by atoms with Crippen LogP contribution in [0.15, 0.2) is 12.7 Å². The molecule has 0 N–H and O–H groups in total. The van der Waals surface area contributed by atoms with Crippen LogP contribution in [0.4, 0.5) is 4.79 Å². The largest absolute Gasteiger partial charge is 0.439 e. The molecule has 1 amide bonds. The van der Waals surface area contributed by atoms with Gasteiger partial charge >= 0.3 is 6.09 Å². The lowest BCUT2D eigenvalue weighted by Gasteiger charge is -2.31. The highest BCUT2D eigenvalue weighted by Crippen LogP contribution is 2.19. The molecular formula is C12H21NO2. The van der Waals surface area contributed by atoms with E-state index in [1.54, 1.807) is 11.0 Å². The van der Waals surface area contributed by atoms with Gasteiger partial charge in [-0.25, -0.2) is 4.79 Å². The van der Waals surface area contributed by atoms with E-state index in [9.17, 15) is 4.79 Å². The van der Waals surface area contributed by atoms with Crippen LogP contribution >= 0.6 is 0 Å². The van der Waals surface area contributed by atoms with Crippen LogP contribution in [0.2, 0.25) is 0 Å². The molecule has 1 atom stereocenters. The van der Waals surface area contributed by atoms with Crippen molar-refractivity contribution in [3.8, 4) is 0 Å². The van der Waals surface area contributed by atoms with Gasteiger partial charge in [0.05, 0.1) is 0 Å². The third kappa shape index (κ3) is 3.26. The van der Waals surface area contributed by atoms with E-state index in [1.165, 1.54) is 6.42 Å². The van der Waals surface area contributed by atoms with Crippen molar-refractivity contribution >= 4 is 6.09 Å². The van der Waals surface area contributed by atoms with Gasteiger partial charge in [0.2, 0.25) is 0 Å². The number of ether oxygens (including phenoxy) is 1. The van der Waals surface area contributed by atoms with E-state index in [0.29, 0.717) is 0 Å². The summed E-state index contributed by atoms with van der Waals surface area (Å²) in [6.45, 7) is 9.25. The van der Waals surface area contributed by atoms with Gasteiger partial charge in [0.25, 0.3) is 0 Å². The minimum absolute atomic E-state index is 0.195. The summed E-state index contributed by atoms with van der Waals surface area (Å²) in [5.74, 6) is 0. The number of rotatable bonds is 3. The molecule has 0 aromatic rings. The number of hydrogen-bond donors (Lipinski definition) is 0. The highest BCUT2D eigenvalue weighted by Gasteiger charge is 2.26. The lowest BCUT2D eigenvalue weighted by molar-refractivity contribution is 0.0255. The Kier molecular flexibility index (Phi) is 4.18. The maximum Gasteiger partial charge on any atom is 0.410 e. The summed E-state index contributed by atoms with van der Waals surface area (Å²) in [4.78, 5) is 13.6. The summed E-state index contributed by atoms with van der Waals surface area (Å²) in [5.41, 5.74) is -0.519. The monoisotopic (exact) mass is 211 g/mol. The Morgan fingerprint density at radius 2 is 2.07 bits per heavy atom. The van der Waals surface area contributed by atoms with Gasteiger partial charge in [-0.3, -0.25) is 0 Å². The van der Waals surface area contributed by atoms with Gasteiger partial charge in [0.15, 0.2) is 0 Å². The third-order valence-corrected chi connectivity index (χ3v) is 3.07. The summed E-state index contributed by atoms with van der Waals surface area (Å²) < 4.78 is 5.44. The van der Waals surface area contributed by atoms with Crippen molar-refractivity contribution in [2.45, 2.75) is 45.1 Å². The number of amides is 1. The third-order valence-electron chi connectivity index (χ3n) is 3.07. The molecule has 0 radical (unpaired) electrons. The maximum atomic E-state index is 11.8. The first-order chi connectivity index (χ1) is 7.11. The Hall–Kier alpha value is -0.990. The van der Waals surface area contributed by atoms with Crippen molar-refractivity contribution in [2.75, 3.05) is 13.1 Å². The minimum atomic E-state index is -0.519. The summed E-state index contributed by atoms with van der Waals surface area (Å²) in [5, 5.41) is 0. The number of carbonyl (C=O) groups is 1. The zero-order valence-electron chi connectivity index (χ0n) is 9.79. The van der Waals surface area contributed by atoms with Gasteiger partial charge in [-0.15, -0.1) is 0 Å². The Balaban J connectivity index is 2.49. The number of nitrogens with zero attached hydrogens (tertiary/aromatic N) is 1. The van der Waals surface area contributed by atoms with Crippen LogP contribution in [0.3, 0.4) is 0 Å². The summed E-state index contributed by atoms with van der Waals surface area (Å²) >= 11 is 0. The van der Waals surface area contributed by atoms with Crippen molar-refractivity contribution in [1.82, 2.24) is 4.90 Å². The molecule has 15 heavy (non-hydrogen) atoms. The van der Waals surface area contributed by atoms with Crippen LogP contribution in [-0.2, 0) is 4.74 Å². The molecule has 0 aromatic heterocycles. The molecular weight excluding hydrogens is 190 g/mol. The van der Waals surface area contributed by atoms with Crippen molar-refractivity contribution in [3.63, 3.8) is 0 Å². The molecule has 1 rings (SSSR count). The second kappa shape index (κ2) is 5.19. The Morgan fingerprint density at radius 3 is 2.53 bits per heavy atom. The van der Waals surface area contributed by atoms with Gasteiger partial charge < -0.3 is 9.64 Å². The smallest absolute Gasteiger partial charge is 0.410 e. The number of piperidine rings is 1. The zero-order valence-corrected chi connectivity index (χ0v) is 9.79. The molecule has 0 spiro atoms. The molecule has 3 nitrogen and oxygen atoms in total. The van der Waals surface area contributed by atoms with Gasteiger partial charge in [0, 0.05) is 13.1 Å². The van der Waals surface area contributed by atoms with Crippen molar-refractivity contribution in [2.24, 2.45) is 0 Å². The topological polar surface area (TPSA) is 29.5 Å². The van der Waals surface area contributed by atoms with Crippen LogP contribution in [0.5, 0.6) is 0 Å². The summed E-state index contributed by atoms with van der Waals surface area (Å²) in [6.07, 6.45) is 5.66. The molecule has 1 aliphatic rings. The van der Waals surface area contributed by atoms with Gasteiger partial charge in [-0.05, 0) is 38.7 Å². The van der Waals surface area contributed by atoms with Crippen molar-refractivity contribution in [3.05, 3.63) is 12.7 Å². The molecule has 0 saturated carbocycles. The molecule has 0 aliphatic carbocycles. The standard InChI is InChI=1S/C12H21NO2/c1-4-12(3,5-2)15-11(14)13-9-7-6-8-10-13/h4H,1,5-10H2,2-3H3. The summed E-state index contributed by atoms with van der Waals surface area (Å²) in [6, 6.07) is 0. The molecule has 1 heterocycles. The highest BCUT2D eigenvalue weighted by molar-refractivity contribution is 5.68. The second-order valence-electron chi connectivity index (χ2n) is 4.29.